The van der Waals surface area contributed by atoms with E-state index >= 15 is 0 Å². The molecule has 0 aromatic carbocycles. The number of aromatic nitrogens is 2. The van der Waals surface area contributed by atoms with Crippen LogP contribution >= 0.6 is 0 Å². The third-order valence-corrected chi connectivity index (χ3v) is 3.65. The molecule has 0 aliphatic carbocycles. The van der Waals surface area contributed by atoms with Crippen LogP contribution in [0.15, 0.2) is 17.2 Å². The van der Waals surface area contributed by atoms with Gasteiger partial charge < -0.3 is 9.72 Å². The molecule has 1 rings (SSSR count). The van der Waals surface area contributed by atoms with E-state index in [1.54, 1.807) is 12.4 Å². The molecule has 0 spiro atoms. The van der Waals surface area contributed by atoms with Gasteiger partial charge in [0.1, 0.15) is 6.73 Å². The first kappa shape index (κ1) is 11.3. The molecule has 0 atom stereocenters. The standard InChI is InChI=1S/C9H18N2O2Si/c1-14(2,3)7-6-13-8-11-5-4-10-9(11)12/h4-5H,6-8H2,1-3H3,(H,10,12). The molecule has 80 valence electrons. The summed E-state index contributed by atoms with van der Waals surface area (Å²) in [5, 5.41) is 0. The number of aromatic amines is 1. The molecule has 0 bridgehead atoms. The maximum atomic E-state index is 11.0. The number of nitrogens with zero attached hydrogens (tertiary/aromatic N) is 1. The molecule has 1 heterocycles. The van der Waals surface area contributed by atoms with E-state index in [0.29, 0.717) is 6.73 Å². The number of H-pyrrole nitrogens is 1. The Kier molecular flexibility index (Phi) is 3.71. The zero-order chi connectivity index (χ0) is 10.6. The van der Waals surface area contributed by atoms with Gasteiger partial charge in [-0.05, 0) is 6.04 Å². The summed E-state index contributed by atoms with van der Waals surface area (Å²) in [5.74, 6) is 0. The van der Waals surface area contributed by atoms with Crippen LogP contribution in [0.5, 0.6) is 0 Å². The van der Waals surface area contributed by atoms with Gasteiger partial charge in [0.05, 0.1) is 0 Å². The van der Waals surface area contributed by atoms with Gasteiger partial charge in [-0.1, -0.05) is 19.6 Å². The number of hydrogen-bond donors (Lipinski definition) is 1. The van der Waals surface area contributed by atoms with Crippen LogP contribution in [0.3, 0.4) is 0 Å². The van der Waals surface area contributed by atoms with Crippen molar-refractivity contribution >= 4 is 8.07 Å². The van der Waals surface area contributed by atoms with Gasteiger partial charge in [0.2, 0.25) is 0 Å². The van der Waals surface area contributed by atoms with E-state index in [2.05, 4.69) is 24.6 Å². The van der Waals surface area contributed by atoms with Crippen molar-refractivity contribution in [2.45, 2.75) is 32.4 Å². The van der Waals surface area contributed by atoms with E-state index in [1.165, 1.54) is 4.57 Å². The summed E-state index contributed by atoms with van der Waals surface area (Å²) >= 11 is 0. The molecule has 0 saturated heterocycles. The molecule has 0 fully saturated rings. The first-order valence-electron chi connectivity index (χ1n) is 4.81. The fraction of sp³-hybridized carbons (Fsp3) is 0.667. The molecule has 14 heavy (non-hydrogen) atoms. The highest BCUT2D eigenvalue weighted by Crippen LogP contribution is 2.07. The average molecular weight is 214 g/mol. The lowest BCUT2D eigenvalue weighted by Gasteiger charge is -2.15. The zero-order valence-electron chi connectivity index (χ0n) is 9.04. The van der Waals surface area contributed by atoms with Gasteiger partial charge in [-0.3, -0.25) is 4.57 Å². The summed E-state index contributed by atoms with van der Waals surface area (Å²) in [6.07, 6.45) is 3.31. The molecular formula is C9H18N2O2Si. The first-order chi connectivity index (χ1) is 6.49. The third kappa shape index (κ3) is 3.93. The van der Waals surface area contributed by atoms with Crippen LogP contribution in [0.1, 0.15) is 0 Å². The van der Waals surface area contributed by atoms with E-state index in [0.717, 1.165) is 12.7 Å². The highest BCUT2D eigenvalue weighted by Gasteiger charge is 2.11. The minimum atomic E-state index is -1.01. The average Bonchev–Trinajstić information content (AvgIpc) is 2.44. The summed E-state index contributed by atoms with van der Waals surface area (Å²) in [6.45, 7) is 8.01. The summed E-state index contributed by atoms with van der Waals surface area (Å²) in [4.78, 5) is 13.6. The lowest BCUT2D eigenvalue weighted by atomic mass is 10.8. The lowest BCUT2D eigenvalue weighted by molar-refractivity contribution is 0.0850. The fourth-order valence-electron chi connectivity index (χ4n) is 0.992. The van der Waals surface area contributed by atoms with Gasteiger partial charge in [-0.15, -0.1) is 0 Å². The molecule has 0 amide bonds. The van der Waals surface area contributed by atoms with Crippen molar-refractivity contribution in [2.24, 2.45) is 0 Å². The Balaban J connectivity index is 2.23. The van der Waals surface area contributed by atoms with E-state index in [9.17, 15) is 4.79 Å². The quantitative estimate of drug-likeness (QED) is 0.596. The van der Waals surface area contributed by atoms with E-state index in [4.69, 9.17) is 4.74 Å². The SMILES string of the molecule is C[Si](C)(C)CCOCn1cc[nH]c1=O. The smallest absolute Gasteiger partial charge is 0.327 e. The molecule has 1 N–H and O–H groups in total. The molecule has 5 heteroatoms. The summed E-state index contributed by atoms with van der Waals surface area (Å²) in [7, 11) is -1.01. The van der Waals surface area contributed by atoms with Gasteiger partial charge in [0, 0.05) is 27.1 Å². The minimum Gasteiger partial charge on any atom is -0.361 e. The monoisotopic (exact) mass is 214 g/mol. The molecule has 0 aliphatic rings. The second-order valence-electron chi connectivity index (χ2n) is 4.58. The van der Waals surface area contributed by atoms with Crippen LogP contribution < -0.4 is 5.69 Å². The van der Waals surface area contributed by atoms with E-state index < -0.39 is 8.07 Å². The minimum absolute atomic E-state index is 0.113. The van der Waals surface area contributed by atoms with Crippen LogP contribution in [0, 0.1) is 0 Å². The number of hydrogen-bond acceptors (Lipinski definition) is 2. The van der Waals surface area contributed by atoms with Crippen molar-refractivity contribution in [3.8, 4) is 0 Å². The Morgan fingerprint density at radius 3 is 2.71 bits per heavy atom. The third-order valence-electron chi connectivity index (χ3n) is 1.95. The first-order valence-corrected chi connectivity index (χ1v) is 8.51. The summed E-state index contributed by atoms with van der Waals surface area (Å²) < 4.78 is 6.93. The van der Waals surface area contributed by atoms with Crippen LogP contribution in [-0.2, 0) is 11.5 Å². The molecule has 0 radical (unpaired) electrons. The maximum absolute atomic E-state index is 11.0. The molecule has 1 aromatic heterocycles. The highest BCUT2D eigenvalue weighted by molar-refractivity contribution is 6.76. The van der Waals surface area contributed by atoms with E-state index in [-0.39, 0.29) is 5.69 Å². The van der Waals surface area contributed by atoms with Gasteiger partial charge in [0.25, 0.3) is 0 Å². The topological polar surface area (TPSA) is 47.0 Å². The normalized spacial score (nSPS) is 11.9. The maximum Gasteiger partial charge on any atom is 0.327 e. The predicted octanol–water partition coefficient (Wildman–Crippen LogP) is 1.49. The summed E-state index contributed by atoms with van der Waals surface area (Å²) in [5.41, 5.74) is -0.113. The molecular weight excluding hydrogens is 196 g/mol. The lowest BCUT2D eigenvalue weighted by Crippen LogP contribution is -2.23. The molecule has 0 unspecified atom stereocenters. The van der Waals surface area contributed by atoms with Crippen molar-refractivity contribution in [3.63, 3.8) is 0 Å². The molecule has 4 nitrogen and oxygen atoms in total. The van der Waals surface area contributed by atoms with Crippen molar-refractivity contribution in [3.05, 3.63) is 22.9 Å². The van der Waals surface area contributed by atoms with Crippen LogP contribution in [0.2, 0.25) is 25.7 Å². The van der Waals surface area contributed by atoms with Crippen LogP contribution in [0.25, 0.3) is 0 Å². The van der Waals surface area contributed by atoms with Gasteiger partial charge in [0.15, 0.2) is 0 Å². The number of nitrogens with one attached hydrogen (secondary N) is 1. The van der Waals surface area contributed by atoms with Crippen LogP contribution in [0.4, 0.5) is 0 Å². The zero-order valence-corrected chi connectivity index (χ0v) is 10.0. The molecule has 0 saturated carbocycles. The van der Waals surface area contributed by atoms with Crippen LogP contribution in [-0.4, -0.2) is 24.2 Å². The Morgan fingerprint density at radius 2 is 2.21 bits per heavy atom. The number of imidazole rings is 1. The highest BCUT2D eigenvalue weighted by atomic mass is 28.3. The molecule has 0 aliphatic heterocycles. The van der Waals surface area contributed by atoms with E-state index in [1.807, 2.05) is 0 Å². The summed E-state index contributed by atoms with van der Waals surface area (Å²) in [6, 6.07) is 1.13. The predicted molar refractivity (Wildman–Crippen MR) is 59.2 cm³/mol. The Labute approximate surface area is 84.9 Å². The molecule has 1 aromatic rings. The Morgan fingerprint density at radius 1 is 1.50 bits per heavy atom. The van der Waals surface area contributed by atoms with Crippen molar-refractivity contribution in [1.82, 2.24) is 9.55 Å². The number of rotatable bonds is 5. The Bertz CT molecular complexity index is 324. The van der Waals surface area contributed by atoms with Crippen molar-refractivity contribution < 1.29 is 4.74 Å². The largest absolute Gasteiger partial charge is 0.361 e. The van der Waals surface area contributed by atoms with Crippen molar-refractivity contribution in [2.75, 3.05) is 6.61 Å². The fourth-order valence-corrected chi connectivity index (χ4v) is 1.75. The van der Waals surface area contributed by atoms with Gasteiger partial charge >= 0.3 is 5.69 Å². The number of ether oxygens (including phenoxy) is 1. The van der Waals surface area contributed by atoms with Crippen molar-refractivity contribution in [1.29, 1.82) is 0 Å². The van der Waals surface area contributed by atoms with Gasteiger partial charge in [-0.2, -0.15) is 0 Å². The second kappa shape index (κ2) is 4.61. The van der Waals surface area contributed by atoms with Gasteiger partial charge in [-0.25, -0.2) is 4.79 Å². The Hall–Kier alpha value is -0.813. The second-order valence-corrected chi connectivity index (χ2v) is 10.2.